The molecule has 0 bridgehead atoms. The van der Waals surface area contributed by atoms with E-state index in [2.05, 4.69) is 4.99 Å². The molecular formula is C25H17ClFNO5. The van der Waals surface area contributed by atoms with Crippen LogP contribution in [-0.2, 0) is 9.53 Å². The number of carbonyl (C=O) groups excluding carboxylic acids is 2. The standard InChI is InChI=1S/C25H17ClFNO5/c1-2-31-22-14-15(3-12-21(22)32-24(29)17-6-10-19(27)11-7-17)13-20-25(30)33-23(28-20)16-4-8-18(26)9-5-16/h3-14H,2H2,1H3/b20-13+. The zero-order valence-corrected chi connectivity index (χ0v) is 18.1. The van der Waals surface area contributed by atoms with Crippen LogP contribution in [0.3, 0.4) is 0 Å². The number of halogens is 2. The minimum absolute atomic E-state index is 0.110. The molecule has 0 radical (unpaired) electrons. The Labute approximate surface area is 193 Å². The minimum Gasteiger partial charge on any atom is -0.490 e. The maximum Gasteiger partial charge on any atom is 0.363 e. The summed E-state index contributed by atoms with van der Waals surface area (Å²) >= 11 is 5.89. The molecule has 1 heterocycles. The van der Waals surface area contributed by atoms with Crippen molar-refractivity contribution in [1.29, 1.82) is 0 Å². The molecule has 0 saturated carbocycles. The molecule has 8 heteroatoms. The fraction of sp³-hybridized carbons (Fsp3) is 0.0800. The van der Waals surface area contributed by atoms with Gasteiger partial charge in [-0.25, -0.2) is 19.0 Å². The van der Waals surface area contributed by atoms with Crippen molar-refractivity contribution in [1.82, 2.24) is 0 Å². The van der Waals surface area contributed by atoms with Crippen LogP contribution >= 0.6 is 11.6 Å². The molecule has 0 aromatic heterocycles. The van der Waals surface area contributed by atoms with Gasteiger partial charge in [0, 0.05) is 10.6 Å². The smallest absolute Gasteiger partial charge is 0.363 e. The van der Waals surface area contributed by atoms with E-state index in [1.54, 1.807) is 55.5 Å². The molecule has 6 nitrogen and oxygen atoms in total. The van der Waals surface area contributed by atoms with Gasteiger partial charge in [0.25, 0.3) is 0 Å². The van der Waals surface area contributed by atoms with Crippen LogP contribution in [0.5, 0.6) is 11.5 Å². The van der Waals surface area contributed by atoms with Gasteiger partial charge in [0.05, 0.1) is 12.2 Å². The summed E-state index contributed by atoms with van der Waals surface area (Å²) in [6.07, 6.45) is 1.54. The van der Waals surface area contributed by atoms with E-state index >= 15 is 0 Å². The fourth-order valence-electron chi connectivity index (χ4n) is 2.99. The van der Waals surface area contributed by atoms with Crippen molar-refractivity contribution in [2.75, 3.05) is 6.61 Å². The lowest BCUT2D eigenvalue weighted by molar-refractivity contribution is -0.129. The molecule has 0 unspecified atom stereocenters. The molecule has 166 valence electrons. The van der Waals surface area contributed by atoms with E-state index in [0.717, 1.165) is 0 Å². The van der Waals surface area contributed by atoms with Crippen molar-refractivity contribution in [3.63, 3.8) is 0 Å². The molecule has 0 spiro atoms. The van der Waals surface area contributed by atoms with Crippen LogP contribution < -0.4 is 9.47 Å². The van der Waals surface area contributed by atoms with Gasteiger partial charge in [-0.3, -0.25) is 0 Å². The molecule has 3 aromatic carbocycles. The van der Waals surface area contributed by atoms with Gasteiger partial charge >= 0.3 is 11.9 Å². The maximum atomic E-state index is 13.1. The molecule has 0 atom stereocenters. The monoisotopic (exact) mass is 465 g/mol. The lowest BCUT2D eigenvalue weighted by atomic mass is 10.1. The highest BCUT2D eigenvalue weighted by atomic mass is 35.5. The summed E-state index contributed by atoms with van der Waals surface area (Å²) in [5.74, 6) is -1.03. The first-order chi connectivity index (χ1) is 15.9. The molecule has 4 rings (SSSR count). The van der Waals surface area contributed by atoms with E-state index in [9.17, 15) is 14.0 Å². The van der Waals surface area contributed by atoms with E-state index in [1.165, 1.54) is 24.3 Å². The number of esters is 2. The number of rotatable bonds is 6. The summed E-state index contributed by atoms with van der Waals surface area (Å²) in [6, 6.07) is 16.6. The Bertz CT molecular complexity index is 1270. The van der Waals surface area contributed by atoms with Gasteiger partial charge in [-0.2, -0.15) is 0 Å². The van der Waals surface area contributed by atoms with Gasteiger partial charge in [-0.1, -0.05) is 17.7 Å². The molecule has 1 aliphatic rings. The summed E-state index contributed by atoms with van der Waals surface area (Å²) in [4.78, 5) is 28.9. The number of hydrogen-bond acceptors (Lipinski definition) is 6. The predicted molar refractivity (Wildman–Crippen MR) is 121 cm³/mol. The highest BCUT2D eigenvalue weighted by molar-refractivity contribution is 6.30. The predicted octanol–water partition coefficient (Wildman–Crippen LogP) is 5.44. The first-order valence-corrected chi connectivity index (χ1v) is 10.3. The van der Waals surface area contributed by atoms with Gasteiger partial charge in [0.1, 0.15) is 5.82 Å². The average molecular weight is 466 g/mol. The van der Waals surface area contributed by atoms with Crippen molar-refractivity contribution in [3.8, 4) is 11.5 Å². The van der Waals surface area contributed by atoms with Gasteiger partial charge < -0.3 is 14.2 Å². The second-order valence-electron chi connectivity index (χ2n) is 6.88. The normalized spacial score (nSPS) is 14.1. The molecule has 0 saturated heterocycles. The Kier molecular flexibility index (Phi) is 6.51. The number of carbonyl (C=O) groups is 2. The van der Waals surface area contributed by atoms with E-state index in [1.807, 2.05) is 0 Å². The number of nitrogens with zero attached hydrogens (tertiary/aromatic N) is 1. The van der Waals surface area contributed by atoms with Crippen molar-refractivity contribution in [2.24, 2.45) is 4.99 Å². The molecule has 33 heavy (non-hydrogen) atoms. The summed E-state index contributed by atoms with van der Waals surface area (Å²) in [7, 11) is 0. The summed E-state index contributed by atoms with van der Waals surface area (Å²) < 4.78 is 29.4. The molecule has 3 aromatic rings. The average Bonchev–Trinajstić information content (AvgIpc) is 3.16. The largest absolute Gasteiger partial charge is 0.490 e. The van der Waals surface area contributed by atoms with E-state index in [-0.39, 0.29) is 22.9 Å². The van der Waals surface area contributed by atoms with Crippen LogP contribution in [0.15, 0.2) is 77.4 Å². The molecule has 0 fully saturated rings. The van der Waals surface area contributed by atoms with Crippen molar-refractivity contribution in [3.05, 3.63) is 100.0 Å². The topological polar surface area (TPSA) is 74.2 Å². The van der Waals surface area contributed by atoms with Crippen LogP contribution in [-0.4, -0.2) is 24.4 Å². The van der Waals surface area contributed by atoms with Crippen LogP contribution in [0.4, 0.5) is 4.39 Å². The molecule has 1 aliphatic heterocycles. The van der Waals surface area contributed by atoms with Crippen LogP contribution in [0.2, 0.25) is 5.02 Å². The second kappa shape index (κ2) is 9.67. The highest BCUT2D eigenvalue weighted by Gasteiger charge is 2.24. The molecule has 0 aliphatic carbocycles. The Morgan fingerprint density at radius 3 is 2.48 bits per heavy atom. The number of benzene rings is 3. The fourth-order valence-corrected chi connectivity index (χ4v) is 3.12. The van der Waals surface area contributed by atoms with Crippen molar-refractivity contribution >= 4 is 35.5 Å². The van der Waals surface area contributed by atoms with E-state index in [0.29, 0.717) is 28.5 Å². The summed E-state index contributed by atoms with van der Waals surface area (Å²) in [6.45, 7) is 2.11. The van der Waals surface area contributed by atoms with Crippen molar-refractivity contribution in [2.45, 2.75) is 6.92 Å². The molecule has 0 N–H and O–H groups in total. The van der Waals surface area contributed by atoms with Gasteiger partial charge in [0.15, 0.2) is 17.2 Å². The van der Waals surface area contributed by atoms with Crippen molar-refractivity contribution < 1.29 is 28.2 Å². The van der Waals surface area contributed by atoms with E-state index in [4.69, 9.17) is 25.8 Å². The summed E-state index contributed by atoms with van der Waals surface area (Å²) in [5, 5.41) is 0.558. The maximum absolute atomic E-state index is 13.1. The Hall–Kier alpha value is -3.97. The number of cyclic esters (lactones) is 1. The van der Waals surface area contributed by atoms with Gasteiger partial charge in [-0.15, -0.1) is 0 Å². The zero-order chi connectivity index (χ0) is 23.4. The SMILES string of the molecule is CCOc1cc(/C=C2/N=C(c3ccc(Cl)cc3)OC2=O)ccc1OC(=O)c1ccc(F)cc1. The first kappa shape index (κ1) is 22.2. The number of ether oxygens (including phenoxy) is 3. The Morgan fingerprint density at radius 2 is 1.79 bits per heavy atom. The highest BCUT2D eigenvalue weighted by Crippen LogP contribution is 2.31. The lowest BCUT2D eigenvalue weighted by Gasteiger charge is -2.11. The summed E-state index contributed by atoms with van der Waals surface area (Å²) in [5.41, 5.74) is 1.52. The quantitative estimate of drug-likeness (QED) is 0.275. The zero-order valence-electron chi connectivity index (χ0n) is 17.4. The van der Waals surface area contributed by atoms with Gasteiger partial charge in [0.2, 0.25) is 5.90 Å². The van der Waals surface area contributed by atoms with Crippen LogP contribution in [0.1, 0.15) is 28.4 Å². The first-order valence-electron chi connectivity index (χ1n) is 9.96. The third-order valence-corrected chi connectivity index (χ3v) is 4.82. The third-order valence-electron chi connectivity index (χ3n) is 4.57. The number of aliphatic imine (C=N–C) groups is 1. The molecular weight excluding hydrogens is 449 g/mol. The Morgan fingerprint density at radius 1 is 1.06 bits per heavy atom. The minimum atomic E-state index is -0.654. The Balaban J connectivity index is 1.58. The lowest BCUT2D eigenvalue weighted by Crippen LogP contribution is -2.09. The second-order valence-corrected chi connectivity index (χ2v) is 7.31. The number of hydrogen-bond donors (Lipinski definition) is 0. The molecule has 0 amide bonds. The third kappa shape index (κ3) is 5.27. The van der Waals surface area contributed by atoms with Gasteiger partial charge in [-0.05, 0) is 79.2 Å². The van der Waals surface area contributed by atoms with Crippen LogP contribution in [0.25, 0.3) is 6.08 Å². The van der Waals surface area contributed by atoms with Crippen LogP contribution in [0, 0.1) is 5.82 Å². The van der Waals surface area contributed by atoms with E-state index < -0.39 is 17.8 Å².